The van der Waals surface area contributed by atoms with Gasteiger partial charge in [0, 0.05) is 0 Å². The van der Waals surface area contributed by atoms with Crippen LogP contribution in [0.3, 0.4) is 0 Å². The standard InChI is InChI=1S/C19H20ClFN2O3/c1-4-12(2)26-18-15(20)9-13(10-17(18)25-3)11-22-23-19(24)14-7-5-6-8-16(14)21/h5-12H,4H2,1-3H3,(H,23,24)/b22-11-/t12-/m1/s1. The Morgan fingerprint density at radius 2 is 2.12 bits per heavy atom. The minimum atomic E-state index is -0.644. The third-order valence-electron chi connectivity index (χ3n) is 3.64. The van der Waals surface area contributed by atoms with Crippen LogP contribution in [0.5, 0.6) is 11.5 Å². The Labute approximate surface area is 156 Å². The smallest absolute Gasteiger partial charge is 0.274 e. The van der Waals surface area contributed by atoms with E-state index in [1.165, 1.54) is 31.5 Å². The maximum Gasteiger partial charge on any atom is 0.274 e. The zero-order valence-corrected chi connectivity index (χ0v) is 15.5. The second kappa shape index (κ2) is 9.20. The Hall–Kier alpha value is -2.60. The van der Waals surface area contributed by atoms with Crippen molar-refractivity contribution in [1.82, 2.24) is 5.43 Å². The molecule has 0 bridgehead atoms. The molecule has 1 amide bonds. The molecule has 0 fully saturated rings. The molecule has 0 saturated carbocycles. The quantitative estimate of drug-likeness (QED) is 0.572. The SMILES string of the molecule is CC[C@@H](C)Oc1c(Cl)cc(/C=N\NC(=O)c2ccccc2F)cc1OC. The lowest BCUT2D eigenvalue weighted by molar-refractivity contribution is 0.0951. The molecule has 138 valence electrons. The fourth-order valence-electron chi connectivity index (χ4n) is 2.08. The first kappa shape index (κ1) is 19.7. The largest absolute Gasteiger partial charge is 0.493 e. The van der Waals surface area contributed by atoms with Gasteiger partial charge in [0.25, 0.3) is 5.91 Å². The van der Waals surface area contributed by atoms with Crippen molar-refractivity contribution in [2.45, 2.75) is 26.4 Å². The predicted octanol–water partition coefficient (Wildman–Crippen LogP) is 4.43. The molecular weight excluding hydrogens is 359 g/mol. The molecule has 0 unspecified atom stereocenters. The maximum absolute atomic E-state index is 13.6. The van der Waals surface area contributed by atoms with Crippen LogP contribution in [0.15, 0.2) is 41.5 Å². The van der Waals surface area contributed by atoms with E-state index in [4.69, 9.17) is 21.1 Å². The topological polar surface area (TPSA) is 59.9 Å². The number of nitrogens with zero attached hydrogens (tertiary/aromatic N) is 1. The van der Waals surface area contributed by atoms with Gasteiger partial charge in [0.1, 0.15) is 5.82 Å². The summed E-state index contributed by atoms with van der Waals surface area (Å²) in [7, 11) is 1.51. The number of hydrogen-bond donors (Lipinski definition) is 1. The van der Waals surface area contributed by atoms with E-state index in [1.807, 2.05) is 13.8 Å². The number of hydrogen-bond acceptors (Lipinski definition) is 4. The average Bonchev–Trinajstić information content (AvgIpc) is 2.63. The number of carbonyl (C=O) groups excluding carboxylic acids is 1. The molecule has 0 radical (unpaired) electrons. The van der Waals surface area contributed by atoms with E-state index in [0.29, 0.717) is 22.1 Å². The summed E-state index contributed by atoms with van der Waals surface area (Å²) >= 11 is 6.27. The summed E-state index contributed by atoms with van der Waals surface area (Å²) in [5.41, 5.74) is 2.79. The summed E-state index contributed by atoms with van der Waals surface area (Å²) in [6.07, 6.45) is 2.20. The molecule has 0 aliphatic rings. The van der Waals surface area contributed by atoms with E-state index in [2.05, 4.69) is 10.5 Å². The van der Waals surface area contributed by atoms with Crippen LogP contribution in [0.2, 0.25) is 5.02 Å². The summed E-state index contributed by atoms with van der Waals surface area (Å²) in [5, 5.41) is 4.20. The van der Waals surface area contributed by atoms with E-state index in [-0.39, 0.29) is 11.7 Å². The number of halogens is 2. The lowest BCUT2D eigenvalue weighted by Crippen LogP contribution is -2.18. The molecule has 0 heterocycles. The zero-order valence-electron chi connectivity index (χ0n) is 14.8. The average molecular weight is 379 g/mol. The van der Waals surface area contributed by atoms with Gasteiger partial charge in [-0.2, -0.15) is 5.10 Å². The normalized spacial score (nSPS) is 12.0. The number of rotatable bonds is 7. The lowest BCUT2D eigenvalue weighted by Gasteiger charge is -2.17. The van der Waals surface area contributed by atoms with Crippen LogP contribution in [0, 0.1) is 5.82 Å². The van der Waals surface area contributed by atoms with Crippen LogP contribution in [0.1, 0.15) is 36.2 Å². The van der Waals surface area contributed by atoms with Crippen molar-refractivity contribution in [2.75, 3.05) is 7.11 Å². The Balaban J connectivity index is 2.14. The van der Waals surface area contributed by atoms with Gasteiger partial charge in [-0.05, 0) is 43.2 Å². The fraction of sp³-hybridized carbons (Fsp3) is 0.263. The van der Waals surface area contributed by atoms with Gasteiger partial charge in [-0.15, -0.1) is 0 Å². The minimum absolute atomic E-state index is 0.0130. The minimum Gasteiger partial charge on any atom is -0.493 e. The molecule has 0 aliphatic heterocycles. The van der Waals surface area contributed by atoms with Gasteiger partial charge < -0.3 is 9.47 Å². The highest BCUT2D eigenvalue weighted by Crippen LogP contribution is 2.37. The van der Waals surface area contributed by atoms with Crippen molar-refractivity contribution in [3.05, 3.63) is 58.4 Å². The van der Waals surface area contributed by atoms with Gasteiger partial charge in [-0.25, -0.2) is 9.82 Å². The summed E-state index contributed by atoms with van der Waals surface area (Å²) < 4.78 is 24.6. The summed E-state index contributed by atoms with van der Waals surface area (Å²) in [5.74, 6) is -0.346. The van der Waals surface area contributed by atoms with Crippen LogP contribution >= 0.6 is 11.6 Å². The third kappa shape index (κ3) is 4.95. The number of ether oxygens (including phenoxy) is 2. The Kier molecular flexibility index (Phi) is 6.97. The van der Waals surface area contributed by atoms with E-state index >= 15 is 0 Å². The first-order valence-corrected chi connectivity index (χ1v) is 8.46. The van der Waals surface area contributed by atoms with Crippen molar-refractivity contribution in [2.24, 2.45) is 5.10 Å². The van der Waals surface area contributed by atoms with E-state index < -0.39 is 11.7 Å². The number of carbonyl (C=O) groups is 1. The molecule has 5 nitrogen and oxygen atoms in total. The van der Waals surface area contributed by atoms with Crippen molar-refractivity contribution in [3.8, 4) is 11.5 Å². The Morgan fingerprint density at radius 1 is 1.38 bits per heavy atom. The number of benzene rings is 2. The van der Waals surface area contributed by atoms with Gasteiger partial charge in [0.15, 0.2) is 11.5 Å². The summed E-state index contributed by atoms with van der Waals surface area (Å²) in [6.45, 7) is 3.94. The molecule has 0 aliphatic carbocycles. The van der Waals surface area contributed by atoms with Crippen LogP contribution in [-0.4, -0.2) is 25.3 Å². The van der Waals surface area contributed by atoms with Gasteiger partial charge in [-0.1, -0.05) is 30.7 Å². The number of amides is 1. The highest BCUT2D eigenvalue weighted by molar-refractivity contribution is 6.32. The van der Waals surface area contributed by atoms with E-state index in [9.17, 15) is 9.18 Å². The molecular formula is C19H20ClFN2O3. The van der Waals surface area contributed by atoms with Crippen LogP contribution in [0.4, 0.5) is 4.39 Å². The monoisotopic (exact) mass is 378 g/mol. The van der Waals surface area contributed by atoms with Crippen molar-refractivity contribution in [1.29, 1.82) is 0 Å². The molecule has 1 N–H and O–H groups in total. The van der Waals surface area contributed by atoms with Crippen LogP contribution in [0.25, 0.3) is 0 Å². The maximum atomic E-state index is 13.6. The van der Waals surface area contributed by atoms with Gasteiger partial charge >= 0.3 is 0 Å². The molecule has 0 spiro atoms. The van der Waals surface area contributed by atoms with Crippen molar-refractivity contribution < 1.29 is 18.7 Å². The van der Waals surface area contributed by atoms with Crippen molar-refractivity contribution in [3.63, 3.8) is 0 Å². The second-order valence-electron chi connectivity index (χ2n) is 5.55. The van der Waals surface area contributed by atoms with Crippen molar-refractivity contribution >= 4 is 23.7 Å². The van der Waals surface area contributed by atoms with Gasteiger partial charge in [-0.3, -0.25) is 4.79 Å². The summed E-state index contributed by atoms with van der Waals surface area (Å²) in [4.78, 5) is 11.9. The molecule has 0 saturated heterocycles. The van der Waals surface area contributed by atoms with E-state index in [0.717, 1.165) is 6.42 Å². The first-order chi connectivity index (χ1) is 12.5. The number of methoxy groups -OCH3 is 1. The predicted molar refractivity (Wildman–Crippen MR) is 99.8 cm³/mol. The zero-order chi connectivity index (χ0) is 19.1. The number of nitrogens with one attached hydrogen (secondary N) is 1. The Bertz CT molecular complexity index is 811. The molecule has 7 heteroatoms. The molecule has 2 aromatic rings. The molecule has 1 atom stereocenters. The molecule has 26 heavy (non-hydrogen) atoms. The third-order valence-corrected chi connectivity index (χ3v) is 3.92. The molecule has 2 rings (SSSR count). The number of hydrazone groups is 1. The molecule has 2 aromatic carbocycles. The lowest BCUT2D eigenvalue weighted by atomic mass is 10.2. The first-order valence-electron chi connectivity index (χ1n) is 8.08. The van der Waals surface area contributed by atoms with Crippen LogP contribution in [-0.2, 0) is 0 Å². The fourth-order valence-corrected chi connectivity index (χ4v) is 2.35. The summed E-state index contributed by atoms with van der Waals surface area (Å²) in [6, 6.07) is 8.98. The van der Waals surface area contributed by atoms with Crippen LogP contribution < -0.4 is 14.9 Å². The molecule has 0 aromatic heterocycles. The van der Waals surface area contributed by atoms with Gasteiger partial charge in [0.2, 0.25) is 0 Å². The highest BCUT2D eigenvalue weighted by atomic mass is 35.5. The van der Waals surface area contributed by atoms with Gasteiger partial charge in [0.05, 0.1) is 30.0 Å². The highest BCUT2D eigenvalue weighted by Gasteiger charge is 2.14. The Morgan fingerprint density at radius 3 is 2.77 bits per heavy atom. The second-order valence-corrected chi connectivity index (χ2v) is 5.96. The van der Waals surface area contributed by atoms with E-state index in [1.54, 1.807) is 18.2 Å².